The van der Waals surface area contributed by atoms with Crippen LogP contribution in [0.4, 0.5) is 10.5 Å². The number of carbonyl (C=O) groups excluding carboxylic acids is 1. The van der Waals surface area contributed by atoms with E-state index < -0.39 is 0 Å². The summed E-state index contributed by atoms with van der Waals surface area (Å²) < 4.78 is 0.770. The van der Waals surface area contributed by atoms with E-state index in [9.17, 15) is 4.79 Å². The summed E-state index contributed by atoms with van der Waals surface area (Å²) >= 11 is 7.35. The molecule has 2 amide bonds. The maximum absolute atomic E-state index is 11.5. The number of thiophene rings is 1. The molecule has 2 aromatic heterocycles. The van der Waals surface area contributed by atoms with Crippen LogP contribution in [-0.4, -0.2) is 17.6 Å². The molecule has 0 aliphatic carbocycles. The number of amides is 2. The van der Waals surface area contributed by atoms with Gasteiger partial charge in [-0.2, -0.15) is 0 Å². The molecule has 0 fully saturated rings. The number of aromatic nitrogens is 1. The van der Waals surface area contributed by atoms with Crippen LogP contribution >= 0.6 is 22.9 Å². The second kappa shape index (κ2) is 6.37. The van der Waals surface area contributed by atoms with E-state index in [1.54, 1.807) is 24.5 Å². The van der Waals surface area contributed by atoms with Crippen molar-refractivity contribution in [1.82, 2.24) is 10.3 Å². The SMILES string of the molecule is O=C(NCCc1ccc(Cl)s1)Nc1ccncc1. The highest BCUT2D eigenvalue weighted by atomic mass is 35.5. The van der Waals surface area contributed by atoms with Crippen LogP contribution < -0.4 is 10.6 Å². The van der Waals surface area contributed by atoms with E-state index in [0.29, 0.717) is 6.54 Å². The van der Waals surface area contributed by atoms with Gasteiger partial charge in [0, 0.05) is 29.5 Å². The number of urea groups is 1. The molecule has 94 valence electrons. The quantitative estimate of drug-likeness (QED) is 0.904. The Morgan fingerprint density at radius 3 is 2.72 bits per heavy atom. The van der Waals surface area contributed by atoms with E-state index in [-0.39, 0.29) is 6.03 Å². The fourth-order valence-corrected chi connectivity index (χ4v) is 2.48. The average Bonchev–Trinajstić information content (AvgIpc) is 2.76. The summed E-state index contributed by atoms with van der Waals surface area (Å²) in [5.74, 6) is 0. The number of halogens is 1. The van der Waals surface area contributed by atoms with E-state index >= 15 is 0 Å². The van der Waals surface area contributed by atoms with Crippen LogP contribution in [0.3, 0.4) is 0 Å². The molecule has 0 radical (unpaired) electrons. The number of pyridine rings is 1. The van der Waals surface area contributed by atoms with Gasteiger partial charge in [-0.25, -0.2) is 4.79 Å². The minimum atomic E-state index is -0.219. The van der Waals surface area contributed by atoms with Crippen molar-refractivity contribution in [3.63, 3.8) is 0 Å². The Kier molecular flexibility index (Phi) is 4.55. The van der Waals surface area contributed by atoms with Crippen LogP contribution in [0.15, 0.2) is 36.7 Å². The minimum absolute atomic E-state index is 0.219. The second-order valence-corrected chi connectivity index (χ2v) is 5.37. The summed E-state index contributed by atoms with van der Waals surface area (Å²) in [5.41, 5.74) is 0.724. The second-order valence-electron chi connectivity index (χ2n) is 3.57. The smallest absolute Gasteiger partial charge is 0.319 e. The standard InChI is InChI=1S/C12H12ClN3OS/c13-11-2-1-10(18-11)5-8-15-12(17)16-9-3-6-14-7-4-9/h1-4,6-7H,5,8H2,(H2,14,15,16,17). The number of rotatable bonds is 4. The Hall–Kier alpha value is -1.59. The van der Waals surface area contributed by atoms with Gasteiger partial charge in [-0.1, -0.05) is 11.6 Å². The molecular weight excluding hydrogens is 270 g/mol. The van der Waals surface area contributed by atoms with Gasteiger partial charge in [0.05, 0.1) is 4.34 Å². The predicted molar refractivity (Wildman–Crippen MR) is 74.3 cm³/mol. The minimum Gasteiger partial charge on any atom is -0.338 e. The molecule has 4 nitrogen and oxygen atoms in total. The topological polar surface area (TPSA) is 54.0 Å². The van der Waals surface area contributed by atoms with Gasteiger partial charge in [0.25, 0.3) is 0 Å². The highest BCUT2D eigenvalue weighted by Gasteiger charge is 2.02. The van der Waals surface area contributed by atoms with Crippen molar-refractivity contribution < 1.29 is 4.79 Å². The zero-order chi connectivity index (χ0) is 12.8. The van der Waals surface area contributed by atoms with E-state index in [2.05, 4.69) is 15.6 Å². The number of anilines is 1. The Labute approximate surface area is 114 Å². The highest BCUT2D eigenvalue weighted by Crippen LogP contribution is 2.21. The van der Waals surface area contributed by atoms with Gasteiger partial charge in [0.2, 0.25) is 0 Å². The fraction of sp³-hybridized carbons (Fsp3) is 0.167. The third-order valence-electron chi connectivity index (χ3n) is 2.22. The molecule has 0 aromatic carbocycles. The van der Waals surface area contributed by atoms with Crippen LogP contribution in [-0.2, 0) is 6.42 Å². The molecule has 18 heavy (non-hydrogen) atoms. The Bertz CT molecular complexity index is 515. The molecule has 0 saturated heterocycles. The van der Waals surface area contributed by atoms with E-state index in [1.807, 2.05) is 12.1 Å². The van der Waals surface area contributed by atoms with Gasteiger partial charge in [-0.15, -0.1) is 11.3 Å². The zero-order valence-electron chi connectivity index (χ0n) is 9.52. The molecule has 2 rings (SSSR count). The average molecular weight is 282 g/mol. The van der Waals surface area contributed by atoms with Gasteiger partial charge in [0.1, 0.15) is 0 Å². The van der Waals surface area contributed by atoms with Gasteiger partial charge >= 0.3 is 6.03 Å². The first-order valence-electron chi connectivity index (χ1n) is 5.43. The van der Waals surface area contributed by atoms with Crippen molar-refractivity contribution in [2.45, 2.75) is 6.42 Å². The Morgan fingerprint density at radius 2 is 2.06 bits per heavy atom. The van der Waals surface area contributed by atoms with Crippen molar-refractivity contribution >= 4 is 34.7 Å². The number of hydrogen-bond donors (Lipinski definition) is 2. The monoisotopic (exact) mass is 281 g/mol. The van der Waals surface area contributed by atoms with Crippen molar-refractivity contribution in [1.29, 1.82) is 0 Å². The third kappa shape index (κ3) is 4.01. The molecule has 0 aliphatic rings. The third-order valence-corrected chi connectivity index (χ3v) is 3.51. The summed E-state index contributed by atoms with van der Waals surface area (Å²) in [6.45, 7) is 0.577. The van der Waals surface area contributed by atoms with Crippen molar-refractivity contribution in [2.75, 3.05) is 11.9 Å². The molecule has 0 spiro atoms. The lowest BCUT2D eigenvalue weighted by molar-refractivity contribution is 0.252. The summed E-state index contributed by atoms with van der Waals surface area (Å²) in [5, 5.41) is 5.50. The number of carbonyl (C=O) groups is 1. The van der Waals surface area contributed by atoms with Gasteiger partial charge in [-0.05, 0) is 30.7 Å². The van der Waals surface area contributed by atoms with Crippen LogP contribution in [0.5, 0.6) is 0 Å². The van der Waals surface area contributed by atoms with Crippen LogP contribution in [0.25, 0.3) is 0 Å². The highest BCUT2D eigenvalue weighted by molar-refractivity contribution is 7.16. The first-order valence-corrected chi connectivity index (χ1v) is 6.62. The van der Waals surface area contributed by atoms with Crippen LogP contribution in [0.1, 0.15) is 4.88 Å². The molecule has 0 aliphatic heterocycles. The molecule has 2 N–H and O–H groups in total. The molecule has 0 saturated carbocycles. The lowest BCUT2D eigenvalue weighted by Gasteiger charge is -2.06. The Morgan fingerprint density at radius 1 is 1.28 bits per heavy atom. The molecular formula is C12H12ClN3OS. The first kappa shape index (κ1) is 12.9. The van der Waals surface area contributed by atoms with Gasteiger partial charge in [-0.3, -0.25) is 4.98 Å². The normalized spacial score (nSPS) is 10.1. The van der Waals surface area contributed by atoms with Gasteiger partial charge < -0.3 is 10.6 Å². The van der Waals surface area contributed by atoms with Crippen molar-refractivity contribution in [3.05, 3.63) is 45.9 Å². The summed E-state index contributed by atoms with van der Waals surface area (Å²) in [6.07, 6.45) is 4.04. The van der Waals surface area contributed by atoms with E-state index in [1.165, 1.54) is 11.3 Å². The summed E-state index contributed by atoms with van der Waals surface area (Å²) in [7, 11) is 0. The molecule has 0 unspecified atom stereocenters. The lowest BCUT2D eigenvalue weighted by Crippen LogP contribution is -2.30. The fourth-order valence-electron chi connectivity index (χ4n) is 1.40. The van der Waals surface area contributed by atoms with Crippen LogP contribution in [0, 0.1) is 0 Å². The number of hydrogen-bond acceptors (Lipinski definition) is 3. The maximum Gasteiger partial charge on any atom is 0.319 e. The van der Waals surface area contributed by atoms with E-state index in [4.69, 9.17) is 11.6 Å². The lowest BCUT2D eigenvalue weighted by atomic mass is 10.3. The van der Waals surface area contributed by atoms with Crippen LogP contribution in [0.2, 0.25) is 4.34 Å². The largest absolute Gasteiger partial charge is 0.338 e. The molecule has 2 aromatic rings. The summed E-state index contributed by atoms with van der Waals surface area (Å²) in [4.78, 5) is 16.6. The van der Waals surface area contributed by atoms with E-state index in [0.717, 1.165) is 21.3 Å². The number of nitrogens with zero attached hydrogens (tertiary/aromatic N) is 1. The zero-order valence-corrected chi connectivity index (χ0v) is 11.1. The molecule has 0 bridgehead atoms. The maximum atomic E-state index is 11.5. The predicted octanol–water partition coefficient (Wildman–Crippen LogP) is 3.16. The molecule has 0 atom stereocenters. The Balaban J connectivity index is 1.72. The van der Waals surface area contributed by atoms with Crippen molar-refractivity contribution in [3.8, 4) is 0 Å². The molecule has 6 heteroatoms. The summed E-state index contributed by atoms with van der Waals surface area (Å²) in [6, 6.07) is 7.08. The molecule has 2 heterocycles. The van der Waals surface area contributed by atoms with Crippen molar-refractivity contribution in [2.24, 2.45) is 0 Å². The number of nitrogens with one attached hydrogen (secondary N) is 2. The first-order chi connectivity index (χ1) is 8.74. The van der Waals surface area contributed by atoms with Gasteiger partial charge in [0.15, 0.2) is 0 Å².